The third-order valence-electron chi connectivity index (χ3n) is 5.76. The van der Waals surface area contributed by atoms with Crippen molar-refractivity contribution in [2.24, 2.45) is 0 Å². The molecule has 38 heavy (non-hydrogen) atoms. The monoisotopic (exact) mass is 543 g/mol. The predicted molar refractivity (Wildman–Crippen MR) is 148 cm³/mol. The minimum Gasteiger partial charge on any atom is -0.467 e. The van der Waals surface area contributed by atoms with Crippen LogP contribution in [0.15, 0.2) is 111 Å². The number of carbonyl (C=O) groups is 3. The summed E-state index contributed by atoms with van der Waals surface area (Å²) in [6.45, 7) is 2.00. The number of thioether (sulfide) groups is 1. The van der Waals surface area contributed by atoms with Gasteiger partial charge >= 0.3 is 0 Å². The van der Waals surface area contributed by atoms with Gasteiger partial charge in [-0.3, -0.25) is 19.3 Å². The number of carbonyl (C=O) groups excluding carboxylic acids is 3. The van der Waals surface area contributed by atoms with E-state index in [0.29, 0.717) is 27.7 Å². The Morgan fingerprint density at radius 3 is 2.34 bits per heavy atom. The second kappa shape index (κ2) is 11.0. The van der Waals surface area contributed by atoms with E-state index in [1.54, 1.807) is 60.7 Å². The maximum absolute atomic E-state index is 13.4. The topological polar surface area (TPSA) is 91.7 Å². The van der Waals surface area contributed by atoms with E-state index in [4.69, 9.17) is 16.0 Å². The molecular weight excluding hydrogens is 522 g/mol. The predicted octanol–water partition coefficient (Wildman–Crippen LogP) is 6.48. The summed E-state index contributed by atoms with van der Waals surface area (Å²) in [6.07, 6.45) is 1.50. The third-order valence-corrected chi connectivity index (χ3v) is 7.09. The van der Waals surface area contributed by atoms with Crippen LogP contribution >= 0.6 is 23.4 Å². The van der Waals surface area contributed by atoms with Crippen LogP contribution < -0.4 is 10.6 Å². The van der Waals surface area contributed by atoms with E-state index in [-0.39, 0.29) is 23.1 Å². The van der Waals surface area contributed by atoms with Gasteiger partial charge in [0.25, 0.3) is 17.7 Å². The van der Waals surface area contributed by atoms with Crippen molar-refractivity contribution in [1.29, 1.82) is 0 Å². The number of nitrogens with one attached hydrogen (secondary N) is 2. The first kappa shape index (κ1) is 25.4. The Bertz CT molecular complexity index is 1530. The van der Waals surface area contributed by atoms with Gasteiger partial charge < -0.3 is 15.1 Å². The molecular formula is C29H22ClN3O4S. The van der Waals surface area contributed by atoms with Crippen LogP contribution in [0.2, 0.25) is 5.02 Å². The molecule has 0 saturated heterocycles. The van der Waals surface area contributed by atoms with Crippen molar-refractivity contribution in [2.75, 3.05) is 10.6 Å². The summed E-state index contributed by atoms with van der Waals surface area (Å²) < 4.78 is 5.36. The minimum absolute atomic E-state index is 0.0300. The number of furan rings is 1. The molecule has 0 fully saturated rings. The van der Waals surface area contributed by atoms with Crippen LogP contribution in [0.4, 0.5) is 11.4 Å². The Labute approximate surface area is 228 Å². The van der Waals surface area contributed by atoms with E-state index in [2.05, 4.69) is 10.6 Å². The zero-order valence-electron chi connectivity index (χ0n) is 20.2. The highest BCUT2D eigenvalue weighted by atomic mass is 35.5. The van der Waals surface area contributed by atoms with Crippen molar-refractivity contribution in [2.45, 2.75) is 18.4 Å². The number of rotatable bonds is 8. The zero-order chi connectivity index (χ0) is 26.6. The lowest BCUT2D eigenvalue weighted by Crippen LogP contribution is -2.31. The highest BCUT2D eigenvalue weighted by Crippen LogP contribution is 2.37. The number of imide groups is 1. The second-order valence-corrected chi connectivity index (χ2v) is 10.1. The fraction of sp³-hybridized carbons (Fsp3) is 0.0690. The van der Waals surface area contributed by atoms with E-state index in [0.717, 1.165) is 15.4 Å². The Morgan fingerprint density at radius 2 is 1.66 bits per heavy atom. The number of halogens is 1. The first-order valence-electron chi connectivity index (χ1n) is 11.7. The molecule has 0 radical (unpaired) electrons. The Balaban J connectivity index is 1.37. The van der Waals surface area contributed by atoms with Gasteiger partial charge in [0.2, 0.25) is 0 Å². The van der Waals surface area contributed by atoms with Gasteiger partial charge in [0.15, 0.2) is 0 Å². The van der Waals surface area contributed by atoms with Crippen LogP contribution in [0.3, 0.4) is 0 Å². The largest absolute Gasteiger partial charge is 0.467 e. The lowest BCUT2D eigenvalue weighted by atomic mass is 10.2. The molecule has 1 aliphatic rings. The first-order valence-corrected chi connectivity index (χ1v) is 12.9. The average Bonchev–Trinajstić information content (AvgIpc) is 3.50. The maximum Gasteiger partial charge on any atom is 0.278 e. The summed E-state index contributed by atoms with van der Waals surface area (Å²) >= 11 is 7.16. The lowest BCUT2D eigenvalue weighted by Gasteiger charge is -2.13. The molecule has 0 saturated carbocycles. The van der Waals surface area contributed by atoms with Crippen molar-refractivity contribution >= 4 is 52.5 Å². The SMILES string of the molecule is Cc1ccc(NC2=C(Sc3ccc(NC(=O)c4cccc(Cl)c4)cc3)C(=O)N(Cc3ccco3)C2=O)cc1. The molecule has 4 aromatic rings. The molecule has 190 valence electrons. The van der Waals surface area contributed by atoms with Crippen LogP contribution in [-0.4, -0.2) is 22.6 Å². The molecule has 0 aliphatic carbocycles. The van der Waals surface area contributed by atoms with E-state index in [1.807, 2.05) is 31.2 Å². The molecule has 1 aromatic heterocycles. The van der Waals surface area contributed by atoms with E-state index >= 15 is 0 Å². The molecule has 3 amide bonds. The van der Waals surface area contributed by atoms with Gasteiger partial charge in [-0.2, -0.15) is 0 Å². The molecule has 7 nitrogen and oxygen atoms in total. The fourth-order valence-corrected chi connectivity index (χ4v) is 4.94. The van der Waals surface area contributed by atoms with Crippen molar-refractivity contribution in [3.05, 3.63) is 124 Å². The molecule has 0 spiro atoms. The van der Waals surface area contributed by atoms with Gasteiger partial charge in [0.05, 0.1) is 12.8 Å². The molecule has 1 aliphatic heterocycles. The molecule has 2 N–H and O–H groups in total. The van der Waals surface area contributed by atoms with Gasteiger partial charge in [0, 0.05) is 26.9 Å². The van der Waals surface area contributed by atoms with E-state index in [1.165, 1.54) is 18.0 Å². The zero-order valence-corrected chi connectivity index (χ0v) is 21.8. The smallest absolute Gasteiger partial charge is 0.278 e. The molecule has 3 aromatic carbocycles. The summed E-state index contributed by atoms with van der Waals surface area (Å²) in [5.41, 5.74) is 3.01. The van der Waals surface area contributed by atoms with Crippen LogP contribution in [0.5, 0.6) is 0 Å². The normalized spacial score (nSPS) is 13.3. The molecule has 9 heteroatoms. The van der Waals surface area contributed by atoms with Gasteiger partial charge in [-0.05, 0) is 73.7 Å². The third kappa shape index (κ3) is 5.66. The number of benzene rings is 3. The van der Waals surface area contributed by atoms with Crippen LogP contribution in [0.25, 0.3) is 0 Å². The molecule has 0 unspecified atom stereocenters. The lowest BCUT2D eigenvalue weighted by molar-refractivity contribution is -0.138. The van der Waals surface area contributed by atoms with Crippen molar-refractivity contribution in [3.63, 3.8) is 0 Å². The molecule has 5 rings (SSSR count). The van der Waals surface area contributed by atoms with Gasteiger partial charge in [0.1, 0.15) is 16.4 Å². The summed E-state index contributed by atoms with van der Waals surface area (Å²) in [6, 6.07) is 24.7. The summed E-state index contributed by atoms with van der Waals surface area (Å²) in [5, 5.41) is 6.44. The van der Waals surface area contributed by atoms with Crippen molar-refractivity contribution in [1.82, 2.24) is 4.90 Å². The minimum atomic E-state index is -0.431. The highest BCUT2D eigenvalue weighted by Gasteiger charge is 2.39. The van der Waals surface area contributed by atoms with E-state index in [9.17, 15) is 14.4 Å². The Morgan fingerprint density at radius 1 is 0.921 bits per heavy atom. The standard InChI is InChI=1S/C29H22ClN3O4S/c1-18-7-9-21(10-8-18)31-25-26(29(36)33(28(25)35)17-23-6-3-15-37-23)38-24-13-11-22(12-14-24)32-27(34)19-4-2-5-20(30)16-19/h2-16,31H,17H2,1H3,(H,32,34). The quantitative estimate of drug-likeness (QED) is 0.247. The molecule has 2 heterocycles. The van der Waals surface area contributed by atoms with Gasteiger partial charge in [-0.15, -0.1) is 0 Å². The molecule has 0 bridgehead atoms. The number of amides is 3. The first-order chi connectivity index (χ1) is 18.4. The van der Waals surface area contributed by atoms with Crippen molar-refractivity contribution < 1.29 is 18.8 Å². The van der Waals surface area contributed by atoms with Crippen LogP contribution in [0.1, 0.15) is 21.7 Å². The maximum atomic E-state index is 13.4. The van der Waals surface area contributed by atoms with Crippen molar-refractivity contribution in [3.8, 4) is 0 Å². The number of hydrogen-bond donors (Lipinski definition) is 2. The Hall–Kier alpha value is -4.27. The number of hydrogen-bond acceptors (Lipinski definition) is 6. The number of anilines is 2. The second-order valence-electron chi connectivity index (χ2n) is 8.56. The summed E-state index contributed by atoms with van der Waals surface area (Å²) in [5.74, 6) is -0.623. The fourth-order valence-electron chi connectivity index (χ4n) is 3.80. The number of nitrogens with zero attached hydrogens (tertiary/aromatic N) is 1. The summed E-state index contributed by atoms with van der Waals surface area (Å²) in [7, 11) is 0. The van der Waals surface area contributed by atoms with Crippen LogP contribution in [-0.2, 0) is 16.1 Å². The van der Waals surface area contributed by atoms with Gasteiger partial charge in [-0.25, -0.2) is 0 Å². The summed E-state index contributed by atoms with van der Waals surface area (Å²) in [4.78, 5) is 41.4. The highest BCUT2D eigenvalue weighted by molar-refractivity contribution is 8.04. The Kier molecular flexibility index (Phi) is 7.35. The average molecular weight is 544 g/mol. The number of aryl methyl sites for hydroxylation is 1. The van der Waals surface area contributed by atoms with Crippen LogP contribution in [0, 0.1) is 6.92 Å². The molecule has 0 atom stereocenters. The van der Waals surface area contributed by atoms with E-state index < -0.39 is 11.8 Å². The van der Waals surface area contributed by atoms with Gasteiger partial charge in [-0.1, -0.05) is 47.1 Å².